The third-order valence-corrected chi connectivity index (χ3v) is 15.4. The van der Waals surface area contributed by atoms with Crippen LogP contribution in [0.15, 0.2) is 176 Å². The fraction of sp³-hybridized carbons (Fsp3) is 0.141. The van der Waals surface area contributed by atoms with Crippen molar-refractivity contribution in [1.82, 2.24) is 9.13 Å². The maximum absolute atomic E-state index is 15.6. The molecule has 394 valence electrons. The molecular weight excluding hydrogens is 1010 g/mol. The van der Waals surface area contributed by atoms with Gasteiger partial charge in [0.2, 0.25) is 0 Å². The first-order chi connectivity index (χ1) is 38.1. The lowest BCUT2D eigenvalue weighted by molar-refractivity contribution is -0.142. The Morgan fingerprint density at radius 2 is 0.637 bits per heavy atom. The monoisotopic (exact) mass is 1060 g/mol. The van der Waals surface area contributed by atoms with Gasteiger partial charge < -0.3 is 9.13 Å². The Labute approximate surface area is 460 Å². The summed E-state index contributed by atoms with van der Waals surface area (Å²) in [5.74, 6) is 0. The van der Waals surface area contributed by atoms with Gasteiger partial charge in [0.1, 0.15) is 11.6 Å². The van der Waals surface area contributed by atoms with Crippen molar-refractivity contribution < 1.29 is 26.3 Å². The average molecular weight is 1060 g/mol. The predicted molar refractivity (Wildman–Crippen MR) is 315 cm³/mol. The number of hydrogen-bond donors (Lipinski definition) is 0. The molecule has 12 aromatic rings. The number of benzene rings is 10. The van der Waals surface area contributed by atoms with Gasteiger partial charge in [-0.25, -0.2) is 0 Å². The Balaban J connectivity index is 1.24. The highest BCUT2D eigenvalue weighted by atomic mass is 19.4. The fourth-order valence-corrected chi connectivity index (χ4v) is 12.5. The van der Waals surface area contributed by atoms with Crippen LogP contribution < -0.4 is 0 Å². The zero-order valence-corrected chi connectivity index (χ0v) is 45.4. The minimum atomic E-state index is -5.23. The zero-order chi connectivity index (χ0) is 56.3. The van der Waals surface area contributed by atoms with Crippen LogP contribution in [0, 0.1) is 66.7 Å². The summed E-state index contributed by atoms with van der Waals surface area (Å²) in [6.45, 7) is 16.3. The molecular formula is C71H53F6N3. The van der Waals surface area contributed by atoms with E-state index >= 15 is 26.3 Å². The van der Waals surface area contributed by atoms with E-state index in [4.69, 9.17) is 0 Å². The van der Waals surface area contributed by atoms with Crippen molar-refractivity contribution in [2.75, 3.05) is 0 Å². The summed E-state index contributed by atoms with van der Waals surface area (Å²) >= 11 is 0. The van der Waals surface area contributed by atoms with Crippen LogP contribution in [-0.4, -0.2) is 9.13 Å². The number of nitriles is 1. The molecule has 0 unspecified atom stereocenters. The second kappa shape index (κ2) is 19.1. The Bertz CT molecular complexity index is 4280. The van der Waals surface area contributed by atoms with Crippen LogP contribution in [-0.2, 0) is 12.4 Å². The van der Waals surface area contributed by atoms with Gasteiger partial charge in [-0.05, 0) is 167 Å². The number of fused-ring (bicyclic) bond motifs is 6. The Hall–Kier alpha value is -9.13. The molecule has 10 aromatic carbocycles. The maximum atomic E-state index is 15.6. The molecule has 0 amide bonds. The van der Waals surface area contributed by atoms with Gasteiger partial charge in [-0.1, -0.05) is 154 Å². The van der Waals surface area contributed by atoms with Crippen LogP contribution in [0.2, 0.25) is 0 Å². The van der Waals surface area contributed by atoms with Gasteiger partial charge in [0.25, 0.3) is 0 Å². The zero-order valence-electron chi connectivity index (χ0n) is 45.4. The second-order valence-corrected chi connectivity index (χ2v) is 21.8. The lowest BCUT2D eigenvalue weighted by Gasteiger charge is -2.24. The van der Waals surface area contributed by atoms with E-state index in [9.17, 15) is 5.26 Å². The number of halogens is 6. The fourth-order valence-electron chi connectivity index (χ4n) is 12.5. The first-order valence-corrected chi connectivity index (χ1v) is 26.5. The Morgan fingerprint density at radius 3 is 0.925 bits per heavy atom. The number of rotatable bonds is 7. The van der Waals surface area contributed by atoms with E-state index in [1.54, 1.807) is 4.57 Å². The van der Waals surface area contributed by atoms with Crippen LogP contribution in [0.25, 0.3) is 111 Å². The van der Waals surface area contributed by atoms with E-state index in [2.05, 4.69) is 119 Å². The molecule has 0 aliphatic rings. The van der Waals surface area contributed by atoms with E-state index in [0.29, 0.717) is 45.0 Å². The minimum absolute atomic E-state index is 0.126. The van der Waals surface area contributed by atoms with Gasteiger partial charge in [0.05, 0.1) is 44.6 Å². The molecule has 0 aliphatic heterocycles. The first kappa shape index (κ1) is 51.6. The average Bonchev–Trinajstić information content (AvgIpc) is 2.84. The van der Waals surface area contributed by atoms with E-state index in [1.807, 2.05) is 92.9 Å². The van der Waals surface area contributed by atoms with Crippen LogP contribution in [0.3, 0.4) is 0 Å². The third kappa shape index (κ3) is 8.99. The molecule has 0 fully saturated rings. The van der Waals surface area contributed by atoms with Crippen molar-refractivity contribution in [2.45, 2.75) is 67.7 Å². The minimum Gasteiger partial charge on any atom is -0.308 e. The predicted octanol–water partition coefficient (Wildman–Crippen LogP) is 20.6. The second-order valence-electron chi connectivity index (χ2n) is 21.8. The first-order valence-electron chi connectivity index (χ1n) is 26.5. The van der Waals surface area contributed by atoms with Crippen molar-refractivity contribution in [1.29, 1.82) is 5.26 Å². The molecule has 2 aromatic heterocycles. The summed E-state index contributed by atoms with van der Waals surface area (Å²) in [5, 5.41) is 15.0. The molecule has 0 saturated heterocycles. The quantitative estimate of drug-likeness (QED) is 0.146. The summed E-state index contributed by atoms with van der Waals surface area (Å²) in [6, 6.07) is 56.5. The van der Waals surface area contributed by atoms with Gasteiger partial charge in [-0.2, -0.15) is 31.6 Å². The molecule has 2 heterocycles. The van der Waals surface area contributed by atoms with E-state index in [-0.39, 0.29) is 16.9 Å². The largest absolute Gasteiger partial charge is 0.417 e. The molecule has 0 aliphatic carbocycles. The number of aromatic nitrogens is 2. The normalized spacial score (nSPS) is 12.1. The molecule has 0 saturated carbocycles. The summed E-state index contributed by atoms with van der Waals surface area (Å²) in [4.78, 5) is 0. The van der Waals surface area contributed by atoms with Gasteiger partial charge >= 0.3 is 12.4 Å². The Morgan fingerprint density at radius 1 is 0.338 bits per heavy atom. The lowest BCUT2D eigenvalue weighted by Crippen LogP contribution is -2.16. The number of alkyl halides is 6. The SMILES string of the molecule is Cc1cc(C)cc(-c2ccc3c(c2)c2cc(-c4cc(C)cc(C)c4)ccc2n3-c2ccc(-c3c(C(F)(F)F)cccc3C(F)(F)F)c(-n3c4ccc(-c5cc(C)cc(C)c5)cc4c4cc(-c5cc(C)cc(C)c5)ccc43)c2C#N)c1. The third-order valence-electron chi connectivity index (χ3n) is 15.4. The van der Waals surface area contributed by atoms with E-state index < -0.39 is 34.6 Å². The number of nitrogens with zero attached hydrogens (tertiary/aromatic N) is 3. The molecule has 0 N–H and O–H groups in total. The van der Waals surface area contributed by atoms with E-state index in [0.717, 1.165) is 106 Å². The molecule has 0 spiro atoms. The highest BCUT2D eigenvalue weighted by Crippen LogP contribution is 2.50. The maximum Gasteiger partial charge on any atom is 0.417 e. The Kier molecular flexibility index (Phi) is 12.3. The summed E-state index contributed by atoms with van der Waals surface area (Å²) < 4.78 is 97.2. The highest BCUT2D eigenvalue weighted by Gasteiger charge is 2.42. The van der Waals surface area contributed by atoms with Gasteiger partial charge in [-0.15, -0.1) is 0 Å². The van der Waals surface area contributed by atoms with Crippen LogP contribution in [0.4, 0.5) is 26.3 Å². The molecule has 0 bridgehead atoms. The smallest absolute Gasteiger partial charge is 0.308 e. The topological polar surface area (TPSA) is 33.6 Å². The number of aryl methyl sites for hydroxylation is 8. The van der Waals surface area contributed by atoms with Crippen molar-refractivity contribution in [3.8, 4) is 73.1 Å². The summed E-state index contributed by atoms with van der Waals surface area (Å²) in [6.07, 6.45) is -10.5. The molecule has 9 heteroatoms. The molecule has 12 rings (SSSR count). The van der Waals surface area contributed by atoms with Crippen molar-refractivity contribution >= 4 is 43.6 Å². The van der Waals surface area contributed by atoms with Crippen molar-refractivity contribution in [2.24, 2.45) is 0 Å². The van der Waals surface area contributed by atoms with E-state index in [1.165, 1.54) is 12.1 Å². The highest BCUT2D eigenvalue weighted by molar-refractivity contribution is 6.14. The van der Waals surface area contributed by atoms with Gasteiger partial charge in [0, 0.05) is 32.7 Å². The number of hydrogen-bond acceptors (Lipinski definition) is 1. The van der Waals surface area contributed by atoms with Crippen LogP contribution in [0.1, 0.15) is 61.2 Å². The van der Waals surface area contributed by atoms with Crippen molar-refractivity contribution in [3.63, 3.8) is 0 Å². The lowest BCUT2D eigenvalue weighted by atomic mass is 9.90. The van der Waals surface area contributed by atoms with Crippen LogP contribution in [0.5, 0.6) is 0 Å². The summed E-state index contributed by atoms with van der Waals surface area (Å²) in [5.41, 5.74) is 14.1. The van der Waals surface area contributed by atoms with Gasteiger partial charge in [0.15, 0.2) is 0 Å². The van der Waals surface area contributed by atoms with Crippen molar-refractivity contribution in [3.05, 3.63) is 237 Å². The van der Waals surface area contributed by atoms with Crippen LogP contribution >= 0.6 is 0 Å². The molecule has 0 atom stereocenters. The molecule has 3 nitrogen and oxygen atoms in total. The molecule has 0 radical (unpaired) electrons. The molecule has 80 heavy (non-hydrogen) atoms. The standard InChI is InChI=1S/C71H53F6N3/c1-39-22-40(2)27-51(26-39)47-12-17-63-56(34-47)57-35-48(52-28-41(3)23-42(4)29-52)13-18-64(57)79(63)67-21-16-55(68-61(70(72,73)74)10-9-11-62(68)71(75,76)77)69(60(67)38-78)80-65-19-14-49(53-30-43(5)24-44(6)31-53)36-58(65)59-37-50(15-20-66(59)80)54-32-45(7)25-46(8)33-54/h9-37H,1-8H3. The summed E-state index contributed by atoms with van der Waals surface area (Å²) in [7, 11) is 0. The van der Waals surface area contributed by atoms with Gasteiger partial charge in [-0.3, -0.25) is 0 Å².